The van der Waals surface area contributed by atoms with Crippen molar-refractivity contribution in [1.82, 2.24) is 0 Å². The lowest BCUT2D eigenvalue weighted by Gasteiger charge is -2.07. The molecule has 1 aromatic carbocycles. The first-order valence-corrected chi connectivity index (χ1v) is 7.35. The summed E-state index contributed by atoms with van der Waals surface area (Å²) in [5, 5.41) is 11.4. The highest BCUT2D eigenvalue weighted by molar-refractivity contribution is 7.12. The second-order valence-electron chi connectivity index (χ2n) is 4.10. The summed E-state index contributed by atoms with van der Waals surface area (Å²) in [6, 6.07) is 10.6. The number of hydrogen-bond donors (Lipinski definition) is 0. The fourth-order valence-corrected chi connectivity index (χ4v) is 2.54. The Balaban J connectivity index is 1.83. The van der Waals surface area contributed by atoms with Crippen LogP contribution in [0.25, 0.3) is 0 Å². The Morgan fingerprint density at radius 3 is 2.95 bits per heavy atom. The highest BCUT2D eigenvalue weighted by Crippen LogP contribution is 2.23. The van der Waals surface area contributed by atoms with E-state index in [1.807, 2.05) is 23.6 Å². The molecule has 0 bridgehead atoms. The molecule has 102 valence electrons. The van der Waals surface area contributed by atoms with Gasteiger partial charge in [0.2, 0.25) is 0 Å². The van der Waals surface area contributed by atoms with Gasteiger partial charge >= 0.3 is 0 Å². The van der Waals surface area contributed by atoms with E-state index in [2.05, 4.69) is 0 Å². The predicted octanol–water partition coefficient (Wildman–Crippen LogP) is 4.32. The fraction of sp³-hybridized carbons (Fsp3) is 0.200. The van der Waals surface area contributed by atoms with Gasteiger partial charge in [-0.25, -0.2) is 0 Å². The molecule has 0 aliphatic carbocycles. The van der Waals surface area contributed by atoms with E-state index in [0.29, 0.717) is 35.8 Å². The Morgan fingerprint density at radius 2 is 2.25 bits per heavy atom. The summed E-state index contributed by atoms with van der Waals surface area (Å²) >= 11 is 7.31. The van der Waals surface area contributed by atoms with E-state index in [4.69, 9.17) is 21.6 Å². The van der Waals surface area contributed by atoms with E-state index in [9.17, 15) is 4.79 Å². The molecule has 2 rings (SSSR count). The molecule has 0 N–H and O–H groups in total. The Kier molecular flexibility index (Phi) is 5.16. The summed E-state index contributed by atoms with van der Waals surface area (Å²) in [5.41, 5.74) is 0.444. The fourth-order valence-electron chi connectivity index (χ4n) is 1.68. The third-order valence-electron chi connectivity index (χ3n) is 2.67. The maximum Gasteiger partial charge on any atom is 0.172 e. The number of nitriles is 1. The maximum atomic E-state index is 11.8. The Hall–Kier alpha value is -1.83. The molecular weight excluding hydrogens is 294 g/mol. The van der Waals surface area contributed by atoms with Crippen LogP contribution in [-0.4, -0.2) is 12.4 Å². The minimum atomic E-state index is 0.121. The summed E-state index contributed by atoms with van der Waals surface area (Å²) in [4.78, 5) is 12.5. The average molecular weight is 306 g/mol. The molecule has 0 amide bonds. The van der Waals surface area contributed by atoms with Crippen LogP contribution in [0.5, 0.6) is 5.75 Å². The molecule has 0 unspecified atom stereocenters. The lowest BCUT2D eigenvalue weighted by atomic mass is 10.2. The molecular formula is C15H12ClNO2S. The molecule has 1 heterocycles. The summed E-state index contributed by atoms with van der Waals surface area (Å²) in [5.74, 6) is 0.582. The van der Waals surface area contributed by atoms with Crippen molar-refractivity contribution in [3.63, 3.8) is 0 Å². The number of Topliss-reactive ketones (excluding diaryl/α,β-unsaturated/α-hetero) is 1. The minimum Gasteiger partial charge on any atom is -0.492 e. The number of carbonyl (C=O) groups is 1. The summed E-state index contributed by atoms with van der Waals surface area (Å²) < 4.78 is 5.52. The predicted molar refractivity (Wildman–Crippen MR) is 79.5 cm³/mol. The van der Waals surface area contributed by atoms with Gasteiger partial charge in [0.05, 0.1) is 17.0 Å². The number of thiophene rings is 1. The van der Waals surface area contributed by atoms with Gasteiger partial charge in [0.15, 0.2) is 5.78 Å². The normalized spacial score (nSPS) is 10.0. The number of benzene rings is 1. The van der Waals surface area contributed by atoms with Crippen molar-refractivity contribution >= 4 is 28.7 Å². The van der Waals surface area contributed by atoms with Gasteiger partial charge in [0.1, 0.15) is 11.8 Å². The molecule has 1 aromatic heterocycles. The van der Waals surface area contributed by atoms with Crippen molar-refractivity contribution in [2.24, 2.45) is 0 Å². The van der Waals surface area contributed by atoms with E-state index >= 15 is 0 Å². The topological polar surface area (TPSA) is 50.1 Å². The monoisotopic (exact) mass is 305 g/mol. The molecule has 0 aliphatic rings. The van der Waals surface area contributed by atoms with Gasteiger partial charge in [-0.2, -0.15) is 5.26 Å². The van der Waals surface area contributed by atoms with Gasteiger partial charge < -0.3 is 4.74 Å². The quantitative estimate of drug-likeness (QED) is 0.590. The second kappa shape index (κ2) is 7.09. The molecule has 3 nitrogen and oxygen atoms in total. The molecule has 20 heavy (non-hydrogen) atoms. The van der Waals surface area contributed by atoms with Crippen LogP contribution < -0.4 is 4.74 Å². The van der Waals surface area contributed by atoms with Crippen molar-refractivity contribution < 1.29 is 9.53 Å². The van der Waals surface area contributed by atoms with Gasteiger partial charge in [0.25, 0.3) is 0 Å². The summed E-state index contributed by atoms with van der Waals surface area (Å²) in [7, 11) is 0. The van der Waals surface area contributed by atoms with Gasteiger partial charge in [-0.3, -0.25) is 4.79 Å². The summed E-state index contributed by atoms with van der Waals surface area (Å²) in [6.45, 7) is 0.381. The van der Waals surface area contributed by atoms with Crippen molar-refractivity contribution in [3.05, 3.63) is 51.2 Å². The number of ketones is 1. The first-order valence-electron chi connectivity index (χ1n) is 6.10. The number of nitrogens with zero attached hydrogens (tertiary/aromatic N) is 1. The third kappa shape index (κ3) is 3.83. The lowest BCUT2D eigenvalue weighted by Crippen LogP contribution is -2.03. The van der Waals surface area contributed by atoms with Crippen LogP contribution in [0.1, 0.15) is 28.1 Å². The molecule has 0 saturated heterocycles. The molecule has 0 saturated carbocycles. The number of rotatable bonds is 6. The molecule has 0 aliphatic heterocycles. The minimum absolute atomic E-state index is 0.121. The zero-order valence-corrected chi connectivity index (χ0v) is 12.2. The van der Waals surface area contributed by atoms with Crippen LogP contribution in [0.3, 0.4) is 0 Å². The highest BCUT2D eigenvalue weighted by Gasteiger charge is 2.08. The molecule has 5 heteroatoms. The van der Waals surface area contributed by atoms with Crippen LogP contribution in [0, 0.1) is 11.3 Å². The number of hydrogen-bond acceptors (Lipinski definition) is 4. The van der Waals surface area contributed by atoms with Crippen LogP contribution in [0.2, 0.25) is 5.02 Å². The van der Waals surface area contributed by atoms with Crippen molar-refractivity contribution in [2.75, 3.05) is 6.61 Å². The van der Waals surface area contributed by atoms with Crippen LogP contribution in [0.15, 0.2) is 35.7 Å². The van der Waals surface area contributed by atoms with E-state index in [0.717, 1.165) is 4.88 Å². The van der Waals surface area contributed by atoms with Crippen molar-refractivity contribution in [1.29, 1.82) is 5.26 Å². The Labute approximate surface area is 126 Å². The number of halogens is 1. The van der Waals surface area contributed by atoms with Crippen LogP contribution in [0.4, 0.5) is 0 Å². The van der Waals surface area contributed by atoms with Crippen molar-refractivity contribution in [3.8, 4) is 11.8 Å². The van der Waals surface area contributed by atoms with Crippen molar-refractivity contribution in [2.45, 2.75) is 12.8 Å². The first-order chi connectivity index (χ1) is 9.70. The van der Waals surface area contributed by atoms with Gasteiger partial charge in [0, 0.05) is 17.5 Å². The summed E-state index contributed by atoms with van der Waals surface area (Å²) in [6.07, 6.45) is 1.04. The maximum absolute atomic E-state index is 11.8. The molecule has 0 fully saturated rings. The van der Waals surface area contributed by atoms with E-state index in [-0.39, 0.29) is 5.78 Å². The standard InChI is InChI=1S/C15H12ClNO2S/c16-12-6-5-11(10-17)14(9-12)19-7-1-3-13(18)15-4-2-8-20-15/h2,4-6,8-9H,1,3,7H2. The van der Waals surface area contributed by atoms with E-state index in [1.54, 1.807) is 18.2 Å². The van der Waals surface area contributed by atoms with E-state index in [1.165, 1.54) is 11.3 Å². The molecule has 0 radical (unpaired) electrons. The van der Waals surface area contributed by atoms with Gasteiger partial charge in [-0.05, 0) is 30.0 Å². The highest BCUT2D eigenvalue weighted by atomic mass is 35.5. The third-order valence-corrected chi connectivity index (χ3v) is 3.81. The largest absolute Gasteiger partial charge is 0.492 e. The Bertz CT molecular complexity index is 632. The SMILES string of the molecule is N#Cc1ccc(Cl)cc1OCCCC(=O)c1cccs1. The van der Waals surface area contributed by atoms with Crippen LogP contribution in [-0.2, 0) is 0 Å². The average Bonchev–Trinajstić information content (AvgIpc) is 2.98. The lowest BCUT2D eigenvalue weighted by molar-refractivity contribution is 0.0977. The first kappa shape index (κ1) is 14.6. The Morgan fingerprint density at radius 1 is 1.40 bits per heavy atom. The number of ether oxygens (including phenoxy) is 1. The second-order valence-corrected chi connectivity index (χ2v) is 5.49. The number of carbonyl (C=O) groups excluding carboxylic acids is 1. The zero-order chi connectivity index (χ0) is 14.4. The van der Waals surface area contributed by atoms with Crippen LogP contribution >= 0.6 is 22.9 Å². The molecule has 0 spiro atoms. The van der Waals surface area contributed by atoms with Gasteiger partial charge in [-0.15, -0.1) is 11.3 Å². The van der Waals surface area contributed by atoms with E-state index < -0.39 is 0 Å². The van der Waals surface area contributed by atoms with Gasteiger partial charge in [-0.1, -0.05) is 17.7 Å². The smallest absolute Gasteiger partial charge is 0.172 e. The molecule has 2 aromatic rings. The molecule has 0 atom stereocenters. The zero-order valence-electron chi connectivity index (χ0n) is 10.6.